The van der Waals surface area contributed by atoms with E-state index in [9.17, 15) is 9.59 Å². The number of carbonyl (C=O) groups excluding carboxylic acids is 1. The summed E-state index contributed by atoms with van der Waals surface area (Å²) >= 11 is 0. The number of aromatic nitrogens is 4. The molecule has 4 aromatic rings. The highest BCUT2D eigenvalue weighted by atomic mass is 16.4. The molecule has 1 fully saturated rings. The highest BCUT2D eigenvalue weighted by molar-refractivity contribution is 5.72. The van der Waals surface area contributed by atoms with Crippen LogP contribution in [-0.2, 0) is 4.79 Å². The number of amides is 1. The Morgan fingerprint density at radius 2 is 1.57 bits per heavy atom. The predicted octanol–water partition coefficient (Wildman–Crippen LogP) is 5.40. The summed E-state index contributed by atoms with van der Waals surface area (Å²) in [6.45, 7) is 7.54. The van der Waals surface area contributed by atoms with Crippen molar-refractivity contribution in [2.24, 2.45) is 17.6 Å². The third-order valence-electron chi connectivity index (χ3n) is 8.18. The van der Waals surface area contributed by atoms with E-state index in [4.69, 9.17) is 15.8 Å². The zero-order valence-corrected chi connectivity index (χ0v) is 24.2. The predicted molar refractivity (Wildman–Crippen MR) is 163 cm³/mol. The van der Waals surface area contributed by atoms with E-state index >= 15 is 0 Å². The molecule has 1 aliphatic heterocycles. The molecular weight excluding hydrogens is 530 g/mol. The van der Waals surface area contributed by atoms with Gasteiger partial charge in [-0.1, -0.05) is 69.3 Å². The summed E-state index contributed by atoms with van der Waals surface area (Å²) in [6, 6.07) is 16.0. The number of benzene rings is 2. The standard InChI is InChI=1S/C32H39N7O3/c1-19(2)29(33)31-35-16-26(37-31)24-12-8-22(9-13-24)21-6-10-23(11-7-21)25-15-34-30(36-25)28-5-4-14-39(28)17-20(3)27(18-40)38-32(41)42/h6-13,15-16,18-20,27-29,38H,4-5,14,17,33H2,1-3H3,(H,34,36)(H,35,37)(H,41,42)/t20?,27?,28-,29-/m0/s1. The smallest absolute Gasteiger partial charge is 0.405 e. The van der Waals surface area contributed by atoms with Gasteiger partial charge in [-0.3, -0.25) is 4.90 Å². The lowest BCUT2D eigenvalue weighted by atomic mass is 10.0. The first-order valence-electron chi connectivity index (χ1n) is 14.5. The average Bonchev–Trinajstić information content (AvgIpc) is 3.77. The molecule has 1 saturated heterocycles. The van der Waals surface area contributed by atoms with Crippen LogP contribution in [-0.4, -0.2) is 61.5 Å². The summed E-state index contributed by atoms with van der Waals surface area (Å²) in [7, 11) is 0. The Morgan fingerprint density at radius 1 is 1.00 bits per heavy atom. The fraction of sp³-hybridized carbons (Fsp3) is 0.375. The summed E-state index contributed by atoms with van der Waals surface area (Å²) < 4.78 is 0. The molecule has 2 aromatic heterocycles. The van der Waals surface area contributed by atoms with Crippen molar-refractivity contribution in [3.8, 4) is 33.6 Å². The third-order valence-corrected chi connectivity index (χ3v) is 8.18. The average molecular weight is 570 g/mol. The Labute approximate surface area is 245 Å². The molecule has 10 nitrogen and oxygen atoms in total. The van der Waals surface area contributed by atoms with E-state index in [0.717, 1.165) is 64.7 Å². The van der Waals surface area contributed by atoms with Crippen molar-refractivity contribution in [2.45, 2.75) is 51.7 Å². The van der Waals surface area contributed by atoms with Gasteiger partial charge in [-0.25, -0.2) is 14.8 Å². The topological polar surface area (TPSA) is 153 Å². The van der Waals surface area contributed by atoms with E-state index in [0.29, 0.717) is 18.7 Å². The van der Waals surface area contributed by atoms with E-state index < -0.39 is 12.1 Å². The first kappa shape index (κ1) is 29.2. The maximum absolute atomic E-state index is 11.4. The van der Waals surface area contributed by atoms with Crippen molar-refractivity contribution >= 4 is 12.4 Å². The minimum Gasteiger partial charge on any atom is -0.465 e. The third kappa shape index (κ3) is 6.45. The Balaban J connectivity index is 1.24. The summed E-state index contributed by atoms with van der Waals surface area (Å²) in [6.07, 6.45) is 5.30. The lowest BCUT2D eigenvalue weighted by Gasteiger charge is -2.28. The molecule has 6 N–H and O–H groups in total. The second kappa shape index (κ2) is 12.7. The van der Waals surface area contributed by atoms with Gasteiger partial charge < -0.3 is 30.9 Å². The maximum atomic E-state index is 11.4. The number of likely N-dealkylation sites (tertiary alicyclic amines) is 1. The van der Waals surface area contributed by atoms with Crippen molar-refractivity contribution in [3.63, 3.8) is 0 Å². The first-order valence-corrected chi connectivity index (χ1v) is 14.5. The van der Waals surface area contributed by atoms with Crippen LogP contribution in [0.1, 0.15) is 57.3 Å². The van der Waals surface area contributed by atoms with Crippen LogP contribution < -0.4 is 11.1 Å². The van der Waals surface area contributed by atoms with E-state index in [2.05, 4.69) is 87.5 Å². The monoisotopic (exact) mass is 569 g/mol. The number of imidazole rings is 2. The molecule has 4 atom stereocenters. The van der Waals surface area contributed by atoms with Crippen LogP contribution in [0.2, 0.25) is 0 Å². The minimum atomic E-state index is -1.19. The van der Waals surface area contributed by atoms with Gasteiger partial charge in [0.2, 0.25) is 0 Å². The number of carbonyl (C=O) groups is 2. The number of nitrogens with two attached hydrogens (primary N) is 1. The van der Waals surface area contributed by atoms with Gasteiger partial charge in [0.25, 0.3) is 0 Å². The second-order valence-electron chi connectivity index (χ2n) is 11.5. The van der Waals surface area contributed by atoms with Crippen LogP contribution >= 0.6 is 0 Å². The van der Waals surface area contributed by atoms with Gasteiger partial charge in [0.1, 0.15) is 17.9 Å². The Hall–Kier alpha value is -4.28. The van der Waals surface area contributed by atoms with Gasteiger partial charge in [0.15, 0.2) is 0 Å². The van der Waals surface area contributed by atoms with E-state index in [-0.39, 0.29) is 18.0 Å². The van der Waals surface area contributed by atoms with Crippen LogP contribution in [0.5, 0.6) is 0 Å². The fourth-order valence-corrected chi connectivity index (χ4v) is 5.58. The number of rotatable bonds is 11. The van der Waals surface area contributed by atoms with Crippen LogP contribution in [0.15, 0.2) is 60.9 Å². The van der Waals surface area contributed by atoms with Crippen molar-refractivity contribution in [2.75, 3.05) is 13.1 Å². The van der Waals surface area contributed by atoms with Gasteiger partial charge in [-0.2, -0.15) is 0 Å². The van der Waals surface area contributed by atoms with Gasteiger partial charge >= 0.3 is 6.09 Å². The zero-order chi connectivity index (χ0) is 29.8. The minimum absolute atomic E-state index is 0.0998. The Morgan fingerprint density at radius 3 is 2.14 bits per heavy atom. The normalized spacial score (nSPS) is 17.7. The Bertz CT molecular complexity index is 1490. The lowest BCUT2D eigenvalue weighted by Crippen LogP contribution is -2.44. The quantitative estimate of drug-likeness (QED) is 0.152. The Kier molecular flexibility index (Phi) is 8.84. The molecule has 0 saturated carbocycles. The van der Waals surface area contributed by atoms with Gasteiger partial charge in [0, 0.05) is 30.1 Å². The largest absolute Gasteiger partial charge is 0.465 e. The molecule has 220 valence electrons. The summed E-state index contributed by atoms with van der Waals surface area (Å²) in [4.78, 5) is 40.9. The molecule has 10 heteroatoms. The van der Waals surface area contributed by atoms with E-state index in [1.54, 1.807) is 0 Å². The molecule has 5 rings (SSSR count). The van der Waals surface area contributed by atoms with Crippen molar-refractivity contribution in [1.82, 2.24) is 30.2 Å². The molecule has 1 amide bonds. The number of H-pyrrole nitrogens is 2. The maximum Gasteiger partial charge on any atom is 0.405 e. The van der Waals surface area contributed by atoms with E-state index in [1.165, 1.54) is 0 Å². The lowest BCUT2D eigenvalue weighted by molar-refractivity contribution is -0.110. The van der Waals surface area contributed by atoms with Gasteiger partial charge in [-0.05, 0) is 42.3 Å². The summed E-state index contributed by atoms with van der Waals surface area (Å²) in [5, 5.41) is 11.3. The molecule has 0 spiro atoms. The number of hydrogen-bond donors (Lipinski definition) is 5. The van der Waals surface area contributed by atoms with Crippen molar-refractivity contribution in [1.29, 1.82) is 0 Å². The van der Waals surface area contributed by atoms with Gasteiger partial charge in [0.05, 0.1) is 29.5 Å². The fourth-order valence-electron chi connectivity index (χ4n) is 5.58. The van der Waals surface area contributed by atoms with Crippen LogP contribution in [0.25, 0.3) is 33.6 Å². The number of nitrogens with zero attached hydrogens (tertiary/aromatic N) is 3. The summed E-state index contributed by atoms with van der Waals surface area (Å²) in [5.74, 6) is 1.84. The first-order chi connectivity index (χ1) is 20.2. The molecule has 2 aromatic carbocycles. The highest BCUT2D eigenvalue weighted by Gasteiger charge is 2.31. The number of hydrogen-bond acceptors (Lipinski definition) is 6. The SMILES string of the molecule is CC(CN1CCC[C@H]1c1nc(-c2ccc(-c3ccc(-c4c[nH]c([C@@H](N)C(C)C)n4)cc3)cc2)c[nH]1)C(C=O)NC(=O)O. The molecule has 0 bridgehead atoms. The molecule has 1 aliphatic rings. The summed E-state index contributed by atoms with van der Waals surface area (Å²) in [5.41, 5.74) is 12.3. The second-order valence-corrected chi connectivity index (χ2v) is 11.5. The molecular formula is C32H39N7O3. The van der Waals surface area contributed by atoms with Crippen LogP contribution in [0.3, 0.4) is 0 Å². The number of aromatic amines is 2. The number of carboxylic acid groups (broad SMARTS) is 1. The van der Waals surface area contributed by atoms with Gasteiger partial charge in [-0.15, -0.1) is 0 Å². The number of aldehydes is 1. The molecule has 0 aliphatic carbocycles. The van der Waals surface area contributed by atoms with Crippen molar-refractivity contribution in [3.05, 3.63) is 72.6 Å². The molecule has 3 heterocycles. The number of nitrogens with one attached hydrogen (secondary N) is 3. The zero-order valence-electron chi connectivity index (χ0n) is 24.2. The highest BCUT2D eigenvalue weighted by Crippen LogP contribution is 2.33. The molecule has 42 heavy (non-hydrogen) atoms. The molecule has 2 unspecified atom stereocenters. The van der Waals surface area contributed by atoms with Crippen LogP contribution in [0, 0.1) is 11.8 Å². The molecule has 0 radical (unpaired) electrons. The van der Waals surface area contributed by atoms with Crippen molar-refractivity contribution < 1.29 is 14.7 Å². The van der Waals surface area contributed by atoms with Crippen LogP contribution in [0.4, 0.5) is 4.79 Å². The van der Waals surface area contributed by atoms with E-state index in [1.807, 2.05) is 19.3 Å².